The van der Waals surface area contributed by atoms with Crippen LogP contribution in [0.1, 0.15) is 5.01 Å². The largest absolute Gasteiger partial charge is 0.485 e. The highest BCUT2D eigenvalue weighted by molar-refractivity contribution is 7.16. The number of ether oxygens (including phenoxy) is 1. The third-order valence-corrected chi connectivity index (χ3v) is 4.53. The van der Waals surface area contributed by atoms with Gasteiger partial charge in [0.25, 0.3) is 5.56 Å². The fraction of sp³-hybridized carbons (Fsp3) is 0.0625. The Kier molecular flexibility index (Phi) is 3.48. The number of para-hydroxylation sites is 2. The summed E-state index contributed by atoms with van der Waals surface area (Å²) in [6.45, 7) is 0.230. The lowest BCUT2D eigenvalue weighted by molar-refractivity contribution is 0.304. The number of aromatic nitrogens is 3. The standard InChI is InChI=1S/C16H10ClN3O2S/c17-11-6-2-4-8-13(11)22-9-14-19-20-15(21)10-5-1-3-7-12(10)18-16(20)23-14/h1-8H,9H2. The van der Waals surface area contributed by atoms with E-state index < -0.39 is 0 Å². The SMILES string of the molecule is O=c1c2ccccc2nc2sc(COc3ccccc3Cl)nn12. The van der Waals surface area contributed by atoms with Crippen molar-refractivity contribution >= 4 is 38.8 Å². The molecule has 0 atom stereocenters. The molecule has 2 aromatic carbocycles. The van der Waals surface area contributed by atoms with Gasteiger partial charge < -0.3 is 4.74 Å². The zero-order valence-corrected chi connectivity index (χ0v) is 13.3. The van der Waals surface area contributed by atoms with Crippen molar-refractivity contribution in [2.24, 2.45) is 0 Å². The number of halogens is 1. The summed E-state index contributed by atoms with van der Waals surface area (Å²) in [4.78, 5) is 17.5. The minimum Gasteiger partial charge on any atom is -0.485 e. The van der Waals surface area contributed by atoms with Gasteiger partial charge in [-0.05, 0) is 24.3 Å². The van der Waals surface area contributed by atoms with E-state index in [0.717, 1.165) is 0 Å². The fourth-order valence-electron chi connectivity index (χ4n) is 2.25. The highest BCUT2D eigenvalue weighted by Gasteiger charge is 2.11. The molecule has 5 nitrogen and oxygen atoms in total. The van der Waals surface area contributed by atoms with Crippen LogP contribution in [-0.4, -0.2) is 14.6 Å². The van der Waals surface area contributed by atoms with Gasteiger partial charge in [0.05, 0.1) is 15.9 Å². The molecule has 0 radical (unpaired) electrons. The molecule has 0 saturated carbocycles. The second kappa shape index (κ2) is 5.64. The van der Waals surface area contributed by atoms with Gasteiger partial charge in [-0.2, -0.15) is 9.61 Å². The summed E-state index contributed by atoms with van der Waals surface area (Å²) in [5, 5.41) is 6.04. The molecule has 0 aliphatic rings. The first-order chi connectivity index (χ1) is 11.2. The van der Waals surface area contributed by atoms with E-state index in [1.165, 1.54) is 15.9 Å². The lowest BCUT2D eigenvalue weighted by atomic mass is 10.2. The Bertz CT molecular complexity index is 1070. The van der Waals surface area contributed by atoms with Crippen LogP contribution in [0.25, 0.3) is 15.9 Å². The van der Waals surface area contributed by atoms with Crippen molar-refractivity contribution in [3.8, 4) is 5.75 Å². The summed E-state index contributed by atoms with van der Waals surface area (Å²) in [7, 11) is 0. The molecule has 0 aliphatic heterocycles. The summed E-state index contributed by atoms with van der Waals surface area (Å²) in [6.07, 6.45) is 0. The zero-order valence-electron chi connectivity index (χ0n) is 11.8. The third-order valence-electron chi connectivity index (χ3n) is 3.33. The van der Waals surface area contributed by atoms with E-state index >= 15 is 0 Å². The van der Waals surface area contributed by atoms with Crippen LogP contribution in [0.2, 0.25) is 5.02 Å². The van der Waals surface area contributed by atoms with E-state index in [9.17, 15) is 4.79 Å². The van der Waals surface area contributed by atoms with E-state index in [0.29, 0.717) is 31.6 Å². The van der Waals surface area contributed by atoms with Crippen molar-refractivity contribution in [3.05, 3.63) is 68.9 Å². The van der Waals surface area contributed by atoms with Crippen LogP contribution in [0.4, 0.5) is 0 Å². The summed E-state index contributed by atoms with van der Waals surface area (Å²) in [5.74, 6) is 0.582. The average molecular weight is 344 g/mol. The van der Waals surface area contributed by atoms with E-state index in [1.807, 2.05) is 30.3 Å². The number of hydrogen-bond acceptors (Lipinski definition) is 5. The third kappa shape index (κ3) is 2.56. The Morgan fingerprint density at radius 2 is 1.91 bits per heavy atom. The number of hydrogen-bond donors (Lipinski definition) is 0. The molecule has 0 amide bonds. The van der Waals surface area contributed by atoms with Crippen molar-refractivity contribution in [2.75, 3.05) is 0 Å². The van der Waals surface area contributed by atoms with Crippen molar-refractivity contribution in [1.82, 2.24) is 14.6 Å². The molecular weight excluding hydrogens is 334 g/mol. The number of rotatable bonds is 3. The van der Waals surface area contributed by atoms with Gasteiger partial charge in [-0.25, -0.2) is 4.98 Å². The van der Waals surface area contributed by atoms with Gasteiger partial charge in [0, 0.05) is 0 Å². The molecule has 0 spiro atoms. The van der Waals surface area contributed by atoms with Gasteiger partial charge >= 0.3 is 0 Å². The minimum absolute atomic E-state index is 0.175. The predicted molar refractivity (Wildman–Crippen MR) is 90.4 cm³/mol. The first-order valence-electron chi connectivity index (χ1n) is 6.87. The van der Waals surface area contributed by atoms with Crippen molar-refractivity contribution < 1.29 is 4.74 Å². The normalized spacial score (nSPS) is 11.2. The maximum Gasteiger partial charge on any atom is 0.283 e. The zero-order chi connectivity index (χ0) is 15.8. The molecule has 0 aliphatic carbocycles. The van der Waals surface area contributed by atoms with Gasteiger partial charge in [-0.1, -0.05) is 47.2 Å². The lowest BCUT2D eigenvalue weighted by Crippen LogP contribution is -2.15. The smallest absolute Gasteiger partial charge is 0.283 e. The van der Waals surface area contributed by atoms with Crippen molar-refractivity contribution in [1.29, 1.82) is 0 Å². The van der Waals surface area contributed by atoms with Crippen LogP contribution in [0, 0.1) is 0 Å². The lowest BCUT2D eigenvalue weighted by Gasteiger charge is -2.04. The van der Waals surface area contributed by atoms with E-state index in [-0.39, 0.29) is 12.2 Å². The second-order valence-corrected chi connectivity index (χ2v) is 6.29. The summed E-state index contributed by atoms with van der Waals surface area (Å²) in [6, 6.07) is 14.5. The van der Waals surface area contributed by atoms with Gasteiger partial charge in [0.2, 0.25) is 4.96 Å². The highest BCUT2D eigenvalue weighted by atomic mass is 35.5. The number of nitrogens with zero attached hydrogens (tertiary/aromatic N) is 3. The Hall–Kier alpha value is -2.44. The van der Waals surface area contributed by atoms with E-state index in [4.69, 9.17) is 16.3 Å². The van der Waals surface area contributed by atoms with Gasteiger partial charge in [-0.15, -0.1) is 0 Å². The van der Waals surface area contributed by atoms with E-state index in [2.05, 4.69) is 10.1 Å². The van der Waals surface area contributed by atoms with Crippen molar-refractivity contribution in [3.63, 3.8) is 0 Å². The molecule has 0 fully saturated rings. The Morgan fingerprint density at radius 1 is 1.13 bits per heavy atom. The molecule has 4 rings (SSSR count). The van der Waals surface area contributed by atoms with Gasteiger partial charge in [-0.3, -0.25) is 4.79 Å². The summed E-state index contributed by atoms with van der Waals surface area (Å²) < 4.78 is 6.98. The molecule has 2 aromatic heterocycles. The average Bonchev–Trinajstić information content (AvgIpc) is 2.98. The Balaban J connectivity index is 1.72. The molecule has 0 N–H and O–H groups in total. The summed E-state index contributed by atoms with van der Waals surface area (Å²) in [5.41, 5.74) is 0.491. The van der Waals surface area contributed by atoms with Crippen LogP contribution in [0.3, 0.4) is 0 Å². The fourth-order valence-corrected chi connectivity index (χ4v) is 3.25. The first kappa shape index (κ1) is 14.2. The monoisotopic (exact) mass is 343 g/mol. The molecule has 0 bridgehead atoms. The van der Waals surface area contributed by atoms with Crippen LogP contribution >= 0.6 is 22.9 Å². The second-order valence-electron chi connectivity index (χ2n) is 4.84. The first-order valence-corrected chi connectivity index (χ1v) is 8.06. The van der Waals surface area contributed by atoms with Crippen LogP contribution in [0.5, 0.6) is 5.75 Å². The molecular formula is C16H10ClN3O2S. The maximum atomic E-state index is 12.4. The van der Waals surface area contributed by atoms with Crippen LogP contribution < -0.4 is 10.3 Å². The predicted octanol–water partition coefficient (Wildman–Crippen LogP) is 3.54. The van der Waals surface area contributed by atoms with Crippen LogP contribution in [0.15, 0.2) is 53.3 Å². The molecule has 4 aromatic rings. The Morgan fingerprint density at radius 3 is 2.78 bits per heavy atom. The van der Waals surface area contributed by atoms with Gasteiger partial charge in [0.15, 0.2) is 5.01 Å². The minimum atomic E-state index is -0.175. The van der Waals surface area contributed by atoms with Crippen molar-refractivity contribution in [2.45, 2.75) is 6.61 Å². The molecule has 114 valence electrons. The molecule has 0 unspecified atom stereocenters. The van der Waals surface area contributed by atoms with E-state index in [1.54, 1.807) is 18.2 Å². The molecule has 2 heterocycles. The number of fused-ring (bicyclic) bond motifs is 2. The number of benzene rings is 2. The topological polar surface area (TPSA) is 56.5 Å². The maximum absolute atomic E-state index is 12.4. The highest BCUT2D eigenvalue weighted by Crippen LogP contribution is 2.24. The molecule has 23 heavy (non-hydrogen) atoms. The Labute approximate surface area is 139 Å². The quantitative estimate of drug-likeness (QED) is 0.571. The molecule has 7 heteroatoms. The summed E-state index contributed by atoms with van der Waals surface area (Å²) >= 11 is 7.38. The molecule has 0 saturated heterocycles. The van der Waals surface area contributed by atoms with Gasteiger partial charge in [0.1, 0.15) is 12.4 Å². The van der Waals surface area contributed by atoms with Crippen LogP contribution in [-0.2, 0) is 6.61 Å².